The number of hydrogen-bond acceptors (Lipinski definition) is 4. The van der Waals surface area contributed by atoms with Crippen molar-refractivity contribution in [3.63, 3.8) is 0 Å². The Morgan fingerprint density at radius 2 is 1.86 bits per heavy atom. The van der Waals surface area contributed by atoms with Crippen LogP contribution in [0.4, 0.5) is 5.69 Å². The highest BCUT2D eigenvalue weighted by Crippen LogP contribution is 2.23. The minimum atomic E-state index is -0.218. The molecule has 1 amide bonds. The summed E-state index contributed by atoms with van der Waals surface area (Å²) in [5.74, 6) is -0.305. The second kappa shape index (κ2) is 7.74. The van der Waals surface area contributed by atoms with E-state index in [0.717, 1.165) is 5.56 Å². The number of carbonyl (C=O) groups excluding carboxylic acids is 2. The number of thiophene rings is 1. The molecular formula is C16H13ClN2O2S. The van der Waals surface area contributed by atoms with E-state index >= 15 is 0 Å². The predicted molar refractivity (Wildman–Crippen MR) is 87.3 cm³/mol. The van der Waals surface area contributed by atoms with Crippen LogP contribution in [-0.2, 0) is 11.2 Å². The summed E-state index contributed by atoms with van der Waals surface area (Å²) >= 11 is 6.99. The van der Waals surface area contributed by atoms with E-state index in [1.54, 1.807) is 36.4 Å². The Morgan fingerprint density at radius 1 is 1.14 bits per heavy atom. The van der Waals surface area contributed by atoms with Gasteiger partial charge in [-0.1, -0.05) is 23.7 Å². The number of halogens is 1. The van der Waals surface area contributed by atoms with Gasteiger partial charge in [-0.3, -0.25) is 9.59 Å². The van der Waals surface area contributed by atoms with E-state index in [1.165, 1.54) is 11.3 Å². The first-order chi connectivity index (χ1) is 10.6. The highest BCUT2D eigenvalue weighted by molar-refractivity contribution is 7.18. The van der Waals surface area contributed by atoms with Crippen molar-refractivity contribution in [2.24, 2.45) is 0 Å². The third kappa shape index (κ3) is 4.69. The van der Waals surface area contributed by atoms with Crippen molar-refractivity contribution >= 4 is 40.3 Å². The zero-order valence-electron chi connectivity index (χ0n) is 11.6. The summed E-state index contributed by atoms with van der Waals surface area (Å²) in [5, 5.41) is 11.3. The Hall–Kier alpha value is -2.16. The maximum atomic E-state index is 11.9. The summed E-state index contributed by atoms with van der Waals surface area (Å²) in [6, 6.07) is 12.5. The first-order valence-electron chi connectivity index (χ1n) is 6.63. The highest BCUT2D eigenvalue weighted by atomic mass is 35.5. The van der Waals surface area contributed by atoms with Crippen molar-refractivity contribution in [1.82, 2.24) is 0 Å². The Morgan fingerprint density at radius 3 is 2.45 bits per heavy atom. The smallest absolute Gasteiger partial charge is 0.224 e. The normalized spacial score (nSPS) is 10.0. The molecule has 0 unspecified atom stereocenters. The quantitative estimate of drug-likeness (QED) is 0.810. The average Bonchev–Trinajstić information content (AvgIpc) is 2.94. The summed E-state index contributed by atoms with van der Waals surface area (Å²) in [7, 11) is 0. The van der Waals surface area contributed by atoms with Crippen LogP contribution in [0, 0.1) is 11.3 Å². The molecule has 1 heterocycles. The van der Waals surface area contributed by atoms with Crippen molar-refractivity contribution < 1.29 is 9.59 Å². The number of benzene rings is 1. The molecule has 112 valence electrons. The maximum absolute atomic E-state index is 11.9. The van der Waals surface area contributed by atoms with E-state index in [1.807, 2.05) is 0 Å². The summed E-state index contributed by atoms with van der Waals surface area (Å²) in [4.78, 5) is 24.3. The Labute approximate surface area is 137 Å². The van der Waals surface area contributed by atoms with Crippen molar-refractivity contribution in [2.75, 3.05) is 5.32 Å². The van der Waals surface area contributed by atoms with Crippen molar-refractivity contribution in [1.29, 1.82) is 5.26 Å². The van der Waals surface area contributed by atoms with Crippen LogP contribution in [0.25, 0.3) is 0 Å². The molecule has 0 bridgehead atoms. The van der Waals surface area contributed by atoms with E-state index in [-0.39, 0.29) is 24.5 Å². The van der Waals surface area contributed by atoms with E-state index in [9.17, 15) is 9.59 Å². The molecule has 0 radical (unpaired) electrons. The number of ketones is 1. The fourth-order valence-corrected chi connectivity index (χ4v) is 2.85. The third-order valence-corrected chi connectivity index (χ3v) is 4.22. The summed E-state index contributed by atoms with van der Waals surface area (Å²) < 4.78 is 0.560. The number of hydrogen-bond donors (Lipinski definition) is 1. The molecular weight excluding hydrogens is 320 g/mol. The SMILES string of the molecule is N#CCc1ccc(NC(=O)CCC(=O)c2ccc(Cl)s2)cc1. The van der Waals surface area contributed by atoms with Gasteiger partial charge in [0.1, 0.15) is 0 Å². The lowest BCUT2D eigenvalue weighted by molar-refractivity contribution is -0.116. The fraction of sp³-hybridized carbons (Fsp3) is 0.188. The largest absolute Gasteiger partial charge is 0.326 e. The zero-order chi connectivity index (χ0) is 15.9. The van der Waals surface area contributed by atoms with Crippen LogP contribution in [0.2, 0.25) is 4.34 Å². The van der Waals surface area contributed by atoms with Crippen LogP contribution in [0.3, 0.4) is 0 Å². The molecule has 1 aromatic carbocycles. The predicted octanol–water partition coefficient (Wildman–Crippen LogP) is 4.07. The molecule has 0 spiro atoms. The van der Waals surface area contributed by atoms with Gasteiger partial charge in [0.25, 0.3) is 0 Å². The Bertz CT molecular complexity index is 716. The number of nitrogens with zero attached hydrogens (tertiary/aromatic N) is 1. The number of nitrogens with one attached hydrogen (secondary N) is 1. The number of carbonyl (C=O) groups is 2. The van der Waals surface area contributed by atoms with E-state index in [2.05, 4.69) is 11.4 Å². The van der Waals surface area contributed by atoms with Gasteiger partial charge in [0.05, 0.1) is 21.7 Å². The molecule has 0 aliphatic carbocycles. The summed E-state index contributed by atoms with van der Waals surface area (Å²) in [6.45, 7) is 0. The van der Waals surface area contributed by atoms with E-state index in [0.29, 0.717) is 21.3 Å². The van der Waals surface area contributed by atoms with Crippen molar-refractivity contribution in [3.8, 4) is 6.07 Å². The molecule has 1 N–H and O–H groups in total. The molecule has 22 heavy (non-hydrogen) atoms. The van der Waals surface area contributed by atoms with Crippen LogP contribution in [0.1, 0.15) is 28.1 Å². The van der Waals surface area contributed by atoms with Crippen molar-refractivity contribution in [3.05, 3.63) is 51.2 Å². The lowest BCUT2D eigenvalue weighted by atomic mass is 10.1. The van der Waals surface area contributed by atoms with Crippen LogP contribution in [-0.4, -0.2) is 11.7 Å². The number of anilines is 1. The maximum Gasteiger partial charge on any atom is 0.224 e. The van der Waals surface area contributed by atoms with Crippen LogP contribution < -0.4 is 5.32 Å². The van der Waals surface area contributed by atoms with E-state index < -0.39 is 0 Å². The second-order valence-electron chi connectivity index (χ2n) is 4.61. The fourth-order valence-electron chi connectivity index (χ4n) is 1.84. The third-order valence-electron chi connectivity index (χ3n) is 2.95. The molecule has 0 fully saturated rings. The lowest BCUT2D eigenvalue weighted by Gasteiger charge is -2.05. The lowest BCUT2D eigenvalue weighted by Crippen LogP contribution is -2.13. The first kappa shape index (κ1) is 16.2. The standard InChI is InChI=1S/C16H13ClN2O2S/c17-15-7-6-14(22-15)13(20)5-8-16(21)19-12-3-1-11(2-4-12)9-10-18/h1-4,6-7H,5,8-9H2,(H,19,21). The minimum absolute atomic E-state index is 0.0866. The van der Waals surface area contributed by atoms with Gasteiger partial charge in [0, 0.05) is 18.5 Å². The van der Waals surface area contributed by atoms with Crippen LogP contribution >= 0.6 is 22.9 Å². The molecule has 0 saturated carbocycles. The molecule has 2 rings (SSSR count). The van der Waals surface area contributed by atoms with Gasteiger partial charge in [-0.2, -0.15) is 5.26 Å². The first-order valence-corrected chi connectivity index (χ1v) is 7.82. The Kier molecular flexibility index (Phi) is 5.70. The summed E-state index contributed by atoms with van der Waals surface area (Å²) in [5.41, 5.74) is 1.54. The topological polar surface area (TPSA) is 70.0 Å². The van der Waals surface area contributed by atoms with Crippen LogP contribution in [0.15, 0.2) is 36.4 Å². The number of nitriles is 1. The minimum Gasteiger partial charge on any atom is -0.326 e. The van der Waals surface area contributed by atoms with E-state index in [4.69, 9.17) is 16.9 Å². The molecule has 4 nitrogen and oxygen atoms in total. The van der Waals surface area contributed by atoms with Crippen molar-refractivity contribution in [2.45, 2.75) is 19.3 Å². The molecule has 2 aromatic rings. The second-order valence-corrected chi connectivity index (χ2v) is 6.32. The van der Waals surface area contributed by atoms with Gasteiger partial charge in [-0.25, -0.2) is 0 Å². The van der Waals surface area contributed by atoms with Gasteiger partial charge in [-0.15, -0.1) is 11.3 Å². The number of rotatable bonds is 6. The van der Waals surface area contributed by atoms with Crippen LogP contribution in [0.5, 0.6) is 0 Å². The molecule has 6 heteroatoms. The van der Waals surface area contributed by atoms with Gasteiger partial charge >= 0.3 is 0 Å². The molecule has 0 saturated heterocycles. The highest BCUT2D eigenvalue weighted by Gasteiger charge is 2.11. The summed E-state index contributed by atoms with van der Waals surface area (Å²) in [6.07, 6.45) is 0.607. The average molecular weight is 333 g/mol. The van der Waals surface area contributed by atoms with Gasteiger partial charge in [-0.05, 0) is 29.8 Å². The molecule has 1 aromatic heterocycles. The zero-order valence-corrected chi connectivity index (χ0v) is 13.2. The molecule has 0 aliphatic heterocycles. The molecule has 0 atom stereocenters. The number of Topliss-reactive ketones (excluding diaryl/α,β-unsaturated/α-hetero) is 1. The van der Waals surface area contributed by atoms with Gasteiger partial charge in [0.15, 0.2) is 5.78 Å². The number of amides is 1. The van der Waals surface area contributed by atoms with Gasteiger partial charge < -0.3 is 5.32 Å². The monoisotopic (exact) mass is 332 g/mol. The molecule has 0 aliphatic rings. The Balaban J connectivity index is 1.82. The van der Waals surface area contributed by atoms with Gasteiger partial charge in [0.2, 0.25) is 5.91 Å².